The van der Waals surface area contributed by atoms with Crippen LogP contribution in [0.2, 0.25) is 0 Å². The van der Waals surface area contributed by atoms with E-state index in [0.717, 1.165) is 25.3 Å². The fourth-order valence-electron chi connectivity index (χ4n) is 3.08. The van der Waals surface area contributed by atoms with Crippen LogP contribution >= 0.6 is 0 Å². The van der Waals surface area contributed by atoms with E-state index in [4.69, 9.17) is 9.47 Å². The Morgan fingerprint density at radius 3 is 2.65 bits per heavy atom. The first-order valence-electron chi connectivity index (χ1n) is 9.37. The van der Waals surface area contributed by atoms with Crippen LogP contribution in [0.4, 0.5) is 5.95 Å². The number of hydrogen-bond donors (Lipinski definition) is 1. The SMILES string of the molecule is COc1cnc(NCCCOc2cccc(CN3CCCCC3)c2)nc1. The molecule has 0 atom stereocenters. The highest BCUT2D eigenvalue weighted by atomic mass is 16.5. The lowest BCUT2D eigenvalue weighted by molar-refractivity contribution is 0.220. The molecule has 1 aliphatic rings. The highest BCUT2D eigenvalue weighted by Gasteiger charge is 2.10. The van der Waals surface area contributed by atoms with Crippen molar-refractivity contribution in [2.45, 2.75) is 32.2 Å². The summed E-state index contributed by atoms with van der Waals surface area (Å²) in [6.45, 7) is 4.87. The van der Waals surface area contributed by atoms with Gasteiger partial charge in [-0.15, -0.1) is 0 Å². The molecule has 6 heteroatoms. The predicted molar refractivity (Wildman–Crippen MR) is 103 cm³/mol. The van der Waals surface area contributed by atoms with E-state index in [0.29, 0.717) is 18.3 Å². The number of anilines is 1. The summed E-state index contributed by atoms with van der Waals surface area (Å²) in [4.78, 5) is 10.9. The molecular formula is C20H28N4O2. The Balaban J connectivity index is 1.36. The maximum absolute atomic E-state index is 5.89. The van der Waals surface area contributed by atoms with Crippen LogP contribution in [0.15, 0.2) is 36.7 Å². The van der Waals surface area contributed by atoms with Gasteiger partial charge in [-0.05, 0) is 50.0 Å². The number of benzene rings is 1. The second-order valence-corrected chi connectivity index (χ2v) is 6.56. The average molecular weight is 356 g/mol. The van der Waals surface area contributed by atoms with Crippen molar-refractivity contribution in [2.24, 2.45) is 0 Å². The summed E-state index contributed by atoms with van der Waals surface area (Å²) < 4.78 is 10.9. The van der Waals surface area contributed by atoms with E-state index in [9.17, 15) is 0 Å². The van der Waals surface area contributed by atoms with E-state index in [-0.39, 0.29) is 0 Å². The fraction of sp³-hybridized carbons (Fsp3) is 0.500. The van der Waals surface area contributed by atoms with Crippen LogP contribution in [0.1, 0.15) is 31.2 Å². The third kappa shape index (κ3) is 5.88. The minimum Gasteiger partial charge on any atom is -0.494 e. The van der Waals surface area contributed by atoms with Gasteiger partial charge in [0.15, 0.2) is 5.75 Å². The molecule has 2 heterocycles. The van der Waals surface area contributed by atoms with Crippen LogP contribution in [-0.2, 0) is 6.54 Å². The van der Waals surface area contributed by atoms with Crippen molar-refractivity contribution in [3.05, 3.63) is 42.2 Å². The predicted octanol–water partition coefficient (Wildman–Crippen LogP) is 3.35. The third-order valence-electron chi connectivity index (χ3n) is 4.49. The Morgan fingerprint density at radius 2 is 1.88 bits per heavy atom. The number of nitrogens with one attached hydrogen (secondary N) is 1. The molecule has 0 aliphatic carbocycles. The zero-order valence-corrected chi connectivity index (χ0v) is 15.5. The van der Waals surface area contributed by atoms with E-state index >= 15 is 0 Å². The largest absolute Gasteiger partial charge is 0.494 e. The molecule has 26 heavy (non-hydrogen) atoms. The Morgan fingerprint density at radius 1 is 1.08 bits per heavy atom. The standard InChI is InChI=1S/C20H28N4O2/c1-25-19-14-22-20(23-15-19)21-9-6-12-26-18-8-5-7-17(13-18)16-24-10-3-2-4-11-24/h5,7-8,13-15H,2-4,6,9-12,16H2,1H3,(H,21,22,23). The van der Waals surface area contributed by atoms with Crippen LogP contribution < -0.4 is 14.8 Å². The molecule has 0 unspecified atom stereocenters. The molecule has 0 saturated carbocycles. The first kappa shape index (κ1) is 18.5. The van der Waals surface area contributed by atoms with E-state index in [1.54, 1.807) is 19.5 Å². The molecule has 1 fully saturated rings. The van der Waals surface area contributed by atoms with Crippen LogP contribution in [0.3, 0.4) is 0 Å². The summed E-state index contributed by atoms with van der Waals surface area (Å²) >= 11 is 0. The van der Waals surface area contributed by atoms with Gasteiger partial charge in [-0.2, -0.15) is 0 Å². The summed E-state index contributed by atoms with van der Waals surface area (Å²) in [7, 11) is 1.60. The number of aromatic nitrogens is 2. The van der Waals surface area contributed by atoms with Crippen LogP contribution in [0, 0.1) is 0 Å². The molecule has 0 spiro atoms. The molecule has 2 aromatic rings. The minimum atomic E-state index is 0.606. The molecule has 3 rings (SSSR count). The lowest BCUT2D eigenvalue weighted by Gasteiger charge is -2.26. The van der Waals surface area contributed by atoms with Crippen molar-refractivity contribution < 1.29 is 9.47 Å². The Labute approximate surface area is 155 Å². The third-order valence-corrected chi connectivity index (χ3v) is 4.49. The second-order valence-electron chi connectivity index (χ2n) is 6.56. The van der Waals surface area contributed by atoms with Crippen molar-refractivity contribution >= 4 is 5.95 Å². The average Bonchev–Trinajstić information content (AvgIpc) is 2.69. The van der Waals surface area contributed by atoms with Gasteiger partial charge in [-0.3, -0.25) is 4.90 Å². The maximum atomic E-state index is 5.89. The molecule has 1 saturated heterocycles. The molecular weight excluding hydrogens is 328 g/mol. The van der Waals surface area contributed by atoms with Gasteiger partial charge in [0.05, 0.1) is 26.1 Å². The van der Waals surface area contributed by atoms with Crippen LogP contribution in [0.5, 0.6) is 11.5 Å². The Kier molecular flexibility index (Phi) is 7.07. The van der Waals surface area contributed by atoms with Gasteiger partial charge < -0.3 is 14.8 Å². The molecule has 1 aromatic heterocycles. The van der Waals surface area contributed by atoms with Gasteiger partial charge >= 0.3 is 0 Å². The second kappa shape index (κ2) is 9.97. The highest BCUT2D eigenvalue weighted by molar-refractivity contribution is 5.29. The summed E-state index contributed by atoms with van der Waals surface area (Å²) in [5, 5.41) is 3.18. The van der Waals surface area contributed by atoms with Crippen molar-refractivity contribution in [2.75, 3.05) is 38.7 Å². The van der Waals surface area contributed by atoms with Crippen LogP contribution in [-0.4, -0.2) is 48.2 Å². The molecule has 1 N–H and O–H groups in total. The van der Waals surface area contributed by atoms with E-state index in [1.165, 1.54) is 37.9 Å². The lowest BCUT2D eigenvalue weighted by atomic mass is 10.1. The zero-order valence-electron chi connectivity index (χ0n) is 15.5. The Bertz CT molecular complexity index is 657. The number of nitrogens with zero attached hydrogens (tertiary/aromatic N) is 3. The number of ether oxygens (including phenoxy) is 2. The normalized spacial score (nSPS) is 14.8. The summed E-state index contributed by atoms with van der Waals surface area (Å²) in [5.74, 6) is 2.21. The summed E-state index contributed by atoms with van der Waals surface area (Å²) in [5.41, 5.74) is 1.33. The molecule has 0 radical (unpaired) electrons. The Hall–Kier alpha value is -2.34. The van der Waals surface area contributed by atoms with Crippen molar-refractivity contribution in [3.63, 3.8) is 0 Å². The zero-order chi connectivity index (χ0) is 18.0. The summed E-state index contributed by atoms with van der Waals surface area (Å²) in [6.07, 6.45) is 8.20. The van der Waals surface area contributed by atoms with Gasteiger partial charge in [0.25, 0.3) is 0 Å². The monoisotopic (exact) mass is 356 g/mol. The van der Waals surface area contributed by atoms with E-state index in [2.05, 4.69) is 38.4 Å². The molecule has 1 aliphatic heterocycles. The van der Waals surface area contributed by atoms with Gasteiger partial charge in [-0.25, -0.2) is 9.97 Å². The van der Waals surface area contributed by atoms with Gasteiger partial charge in [0, 0.05) is 13.1 Å². The maximum Gasteiger partial charge on any atom is 0.222 e. The van der Waals surface area contributed by atoms with E-state index in [1.807, 2.05) is 6.07 Å². The number of likely N-dealkylation sites (tertiary alicyclic amines) is 1. The number of rotatable bonds is 9. The van der Waals surface area contributed by atoms with Crippen molar-refractivity contribution in [3.8, 4) is 11.5 Å². The lowest BCUT2D eigenvalue weighted by Crippen LogP contribution is -2.29. The number of hydrogen-bond acceptors (Lipinski definition) is 6. The molecule has 6 nitrogen and oxygen atoms in total. The quantitative estimate of drug-likeness (QED) is 0.695. The highest BCUT2D eigenvalue weighted by Crippen LogP contribution is 2.17. The first-order chi connectivity index (χ1) is 12.8. The molecule has 1 aromatic carbocycles. The topological polar surface area (TPSA) is 59.5 Å². The summed E-state index contributed by atoms with van der Waals surface area (Å²) in [6, 6.07) is 8.45. The molecule has 0 bridgehead atoms. The van der Waals surface area contributed by atoms with E-state index < -0.39 is 0 Å². The smallest absolute Gasteiger partial charge is 0.222 e. The van der Waals surface area contributed by atoms with Crippen LogP contribution in [0.25, 0.3) is 0 Å². The molecule has 0 amide bonds. The van der Waals surface area contributed by atoms with Crippen molar-refractivity contribution in [1.82, 2.24) is 14.9 Å². The van der Waals surface area contributed by atoms with Gasteiger partial charge in [0.2, 0.25) is 5.95 Å². The molecule has 140 valence electrons. The minimum absolute atomic E-state index is 0.606. The first-order valence-corrected chi connectivity index (χ1v) is 9.37. The number of piperidine rings is 1. The van der Waals surface area contributed by atoms with Gasteiger partial charge in [-0.1, -0.05) is 18.6 Å². The van der Waals surface area contributed by atoms with Gasteiger partial charge in [0.1, 0.15) is 5.75 Å². The fourth-order valence-corrected chi connectivity index (χ4v) is 3.08. The number of methoxy groups -OCH3 is 1. The van der Waals surface area contributed by atoms with Crippen molar-refractivity contribution in [1.29, 1.82) is 0 Å².